The third kappa shape index (κ3) is 2.68. The molecule has 142 valence electrons. The maximum absolute atomic E-state index is 13.2. The molecule has 0 aliphatic carbocycles. The number of fused-ring (bicyclic) bond motifs is 6. The highest BCUT2D eigenvalue weighted by atomic mass is 16.5. The SMILES string of the molecule is CCCc1cc(=O)oc2c3c(c4c(c12)O[C@H](C)[C@H](C)C4=O)OC(C)(C)C=C3. The molecular formula is C22H24O5. The number of carbonyl (C=O) groups is 1. The van der Waals surface area contributed by atoms with Crippen LogP contribution in [0.2, 0.25) is 0 Å². The zero-order valence-electron chi connectivity index (χ0n) is 16.3. The van der Waals surface area contributed by atoms with Gasteiger partial charge in [-0.2, -0.15) is 0 Å². The summed E-state index contributed by atoms with van der Waals surface area (Å²) in [6.07, 6.45) is 5.10. The van der Waals surface area contributed by atoms with Crippen molar-refractivity contribution in [3.05, 3.63) is 39.3 Å². The van der Waals surface area contributed by atoms with Gasteiger partial charge in [0.1, 0.15) is 28.8 Å². The van der Waals surface area contributed by atoms with Crippen molar-refractivity contribution < 1.29 is 18.7 Å². The van der Waals surface area contributed by atoms with E-state index in [1.54, 1.807) is 0 Å². The molecule has 1 aromatic heterocycles. The third-order valence-corrected chi connectivity index (χ3v) is 5.42. The Hall–Kier alpha value is -2.56. The Morgan fingerprint density at radius 2 is 1.89 bits per heavy atom. The molecule has 3 heterocycles. The lowest BCUT2D eigenvalue weighted by Gasteiger charge is -2.35. The molecule has 0 saturated heterocycles. The van der Waals surface area contributed by atoms with Crippen LogP contribution < -0.4 is 15.1 Å². The predicted molar refractivity (Wildman–Crippen MR) is 104 cm³/mol. The lowest BCUT2D eigenvalue weighted by atomic mass is 9.85. The summed E-state index contributed by atoms with van der Waals surface area (Å²) in [6, 6.07) is 1.51. The molecule has 5 nitrogen and oxygen atoms in total. The lowest BCUT2D eigenvalue weighted by molar-refractivity contribution is 0.0715. The van der Waals surface area contributed by atoms with Gasteiger partial charge in [0.25, 0.3) is 0 Å². The molecule has 0 unspecified atom stereocenters. The molecule has 1 aromatic carbocycles. The van der Waals surface area contributed by atoms with Gasteiger partial charge in [0.15, 0.2) is 11.4 Å². The van der Waals surface area contributed by atoms with Gasteiger partial charge in [-0.05, 0) is 44.9 Å². The topological polar surface area (TPSA) is 65.7 Å². The average Bonchev–Trinajstić information content (AvgIpc) is 2.58. The quantitative estimate of drug-likeness (QED) is 0.729. The number of hydrogen-bond acceptors (Lipinski definition) is 5. The Labute approximate surface area is 158 Å². The fourth-order valence-electron chi connectivity index (χ4n) is 3.82. The number of ether oxygens (including phenoxy) is 2. The highest BCUT2D eigenvalue weighted by molar-refractivity contribution is 6.12. The fourth-order valence-corrected chi connectivity index (χ4v) is 3.82. The monoisotopic (exact) mass is 368 g/mol. The summed E-state index contributed by atoms with van der Waals surface area (Å²) in [4.78, 5) is 25.4. The number of carbonyl (C=O) groups excluding carboxylic acids is 1. The molecule has 27 heavy (non-hydrogen) atoms. The van der Waals surface area contributed by atoms with Crippen molar-refractivity contribution in [2.24, 2.45) is 5.92 Å². The van der Waals surface area contributed by atoms with E-state index < -0.39 is 11.2 Å². The first-order valence-electron chi connectivity index (χ1n) is 9.49. The van der Waals surface area contributed by atoms with E-state index in [0.29, 0.717) is 40.0 Å². The molecule has 2 aliphatic rings. The van der Waals surface area contributed by atoms with E-state index in [9.17, 15) is 9.59 Å². The van der Waals surface area contributed by atoms with Crippen LogP contribution in [0.3, 0.4) is 0 Å². The molecule has 0 N–H and O–H groups in total. The fraction of sp³-hybridized carbons (Fsp3) is 0.455. The van der Waals surface area contributed by atoms with E-state index >= 15 is 0 Å². The van der Waals surface area contributed by atoms with Crippen LogP contribution in [0.15, 0.2) is 21.4 Å². The summed E-state index contributed by atoms with van der Waals surface area (Å²) < 4.78 is 18.0. The van der Waals surface area contributed by atoms with Crippen LogP contribution >= 0.6 is 0 Å². The molecule has 0 fully saturated rings. The van der Waals surface area contributed by atoms with Crippen molar-refractivity contribution in [3.63, 3.8) is 0 Å². The second kappa shape index (κ2) is 5.98. The lowest BCUT2D eigenvalue weighted by Crippen LogP contribution is -2.36. The minimum atomic E-state index is -0.567. The minimum absolute atomic E-state index is 0.00153. The molecule has 2 aliphatic heterocycles. The van der Waals surface area contributed by atoms with Crippen LogP contribution in [0.4, 0.5) is 0 Å². The summed E-state index contributed by atoms with van der Waals surface area (Å²) in [5.74, 6) is 0.659. The van der Waals surface area contributed by atoms with E-state index in [-0.39, 0.29) is 17.8 Å². The number of benzene rings is 1. The smallest absolute Gasteiger partial charge is 0.336 e. The number of rotatable bonds is 2. The molecule has 4 rings (SSSR count). The van der Waals surface area contributed by atoms with Gasteiger partial charge in [-0.1, -0.05) is 20.3 Å². The van der Waals surface area contributed by atoms with Gasteiger partial charge < -0.3 is 13.9 Å². The summed E-state index contributed by atoms with van der Waals surface area (Å²) in [5.41, 5.74) is 1.40. The first kappa shape index (κ1) is 17.8. The van der Waals surface area contributed by atoms with E-state index in [4.69, 9.17) is 13.9 Å². The molecular weight excluding hydrogens is 344 g/mol. The maximum atomic E-state index is 13.2. The van der Waals surface area contributed by atoms with Crippen LogP contribution in [-0.2, 0) is 6.42 Å². The highest BCUT2D eigenvalue weighted by Crippen LogP contribution is 2.49. The van der Waals surface area contributed by atoms with Crippen molar-refractivity contribution in [2.45, 2.75) is 59.2 Å². The van der Waals surface area contributed by atoms with Crippen molar-refractivity contribution in [2.75, 3.05) is 0 Å². The van der Waals surface area contributed by atoms with Crippen molar-refractivity contribution in [1.29, 1.82) is 0 Å². The first-order valence-corrected chi connectivity index (χ1v) is 9.49. The largest absolute Gasteiger partial charge is 0.488 e. The summed E-state index contributed by atoms with van der Waals surface area (Å²) in [6.45, 7) is 9.65. The van der Waals surface area contributed by atoms with E-state index in [2.05, 4.69) is 0 Å². The maximum Gasteiger partial charge on any atom is 0.336 e. The molecule has 5 heteroatoms. The van der Waals surface area contributed by atoms with Crippen molar-refractivity contribution >= 4 is 22.8 Å². The molecule has 2 aromatic rings. The Bertz CT molecular complexity index is 1040. The molecule has 2 atom stereocenters. The predicted octanol–water partition coefficient (Wildman–Crippen LogP) is 4.53. The van der Waals surface area contributed by atoms with Crippen LogP contribution in [0.1, 0.15) is 62.5 Å². The first-order chi connectivity index (χ1) is 12.7. The molecule has 0 bridgehead atoms. The number of ketones is 1. The van der Waals surface area contributed by atoms with E-state index in [0.717, 1.165) is 12.0 Å². The Morgan fingerprint density at radius 1 is 1.15 bits per heavy atom. The second-order valence-electron chi connectivity index (χ2n) is 8.01. The van der Waals surface area contributed by atoms with Crippen LogP contribution in [0, 0.1) is 5.92 Å². The average molecular weight is 368 g/mol. The van der Waals surface area contributed by atoms with Gasteiger partial charge >= 0.3 is 5.63 Å². The van der Waals surface area contributed by atoms with Gasteiger partial charge in [-0.3, -0.25) is 4.79 Å². The molecule has 0 spiro atoms. The van der Waals surface area contributed by atoms with Gasteiger partial charge in [-0.25, -0.2) is 4.79 Å². The van der Waals surface area contributed by atoms with Gasteiger partial charge in [-0.15, -0.1) is 0 Å². The number of hydrogen-bond donors (Lipinski definition) is 0. The van der Waals surface area contributed by atoms with E-state index in [1.165, 1.54) is 6.07 Å². The third-order valence-electron chi connectivity index (χ3n) is 5.42. The van der Waals surface area contributed by atoms with Gasteiger partial charge in [0.05, 0.1) is 16.9 Å². The number of Topliss-reactive ketones (excluding diaryl/α,β-unsaturated/α-hetero) is 1. The van der Waals surface area contributed by atoms with Crippen molar-refractivity contribution in [1.82, 2.24) is 0 Å². The minimum Gasteiger partial charge on any atom is -0.488 e. The summed E-state index contributed by atoms with van der Waals surface area (Å²) in [7, 11) is 0. The molecule has 0 radical (unpaired) electrons. The van der Waals surface area contributed by atoms with Crippen LogP contribution in [0.5, 0.6) is 11.5 Å². The highest BCUT2D eigenvalue weighted by Gasteiger charge is 2.40. The summed E-state index contributed by atoms with van der Waals surface area (Å²) >= 11 is 0. The second-order valence-corrected chi connectivity index (χ2v) is 8.01. The van der Waals surface area contributed by atoms with Gasteiger partial charge in [0.2, 0.25) is 0 Å². The molecule has 0 saturated carbocycles. The van der Waals surface area contributed by atoms with Crippen LogP contribution in [0.25, 0.3) is 17.0 Å². The summed E-state index contributed by atoms with van der Waals surface area (Å²) in [5, 5.41) is 0.713. The zero-order valence-corrected chi connectivity index (χ0v) is 16.3. The standard InChI is InChI=1S/C22H24O5/c1-6-7-13-10-15(23)26-19-14-8-9-22(4,5)27-20(14)17-18(24)11(2)12(3)25-21(17)16(13)19/h8-12H,6-7H2,1-5H3/t11-,12+/m0/s1. The Kier molecular flexibility index (Phi) is 3.95. The zero-order chi connectivity index (χ0) is 19.5. The number of aryl methyl sites for hydroxylation is 1. The Morgan fingerprint density at radius 3 is 2.59 bits per heavy atom. The van der Waals surface area contributed by atoms with Gasteiger partial charge in [0, 0.05) is 6.07 Å². The van der Waals surface area contributed by atoms with E-state index in [1.807, 2.05) is 46.8 Å². The van der Waals surface area contributed by atoms with Crippen molar-refractivity contribution in [3.8, 4) is 11.5 Å². The Balaban J connectivity index is 2.18. The normalized spacial score (nSPS) is 22.8. The molecule has 0 amide bonds. The van der Waals surface area contributed by atoms with Crippen LogP contribution in [-0.4, -0.2) is 17.5 Å².